The van der Waals surface area contributed by atoms with Gasteiger partial charge in [0.1, 0.15) is 0 Å². The summed E-state index contributed by atoms with van der Waals surface area (Å²) in [5, 5.41) is 9.11. The summed E-state index contributed by atoms with van der Waals surface area (Å²) >= 11 is 0. The molecule has 0 amide bonds. The van der Waals surface area contributed by atoms with Crippen molar-refractivity contribution in [3.05, 3.63) is 48.2 Å². The van der Waals surface area contributed by atoms with Crippen LogP contribution in [0, 0.1) is 0 Å². The van der Waals surface area contributed by atoms with E-state index in [0.29, 0.717) is 10.0 Å². The zero-order chi connectivity index (χ0) is 13.3. The molecule has 4 heteroatoms. The monoisotopic (exact) mass is 245 g/mol. The topological polar surface area (TPSA) is 42.2 Å². The Morgan fingerprint density at radius 1 is 1.17 bits per heavy atom. The number of quaternary nitrogens is 1. The maximum absolute atomic E-state index is 11.1. The lowest BCUT2D eigenvalue weighted by Gasteiger charge is -2.24. The SMILES string of the molecule is C[N+](C)(C)c1cc(C(=O)O)cn1-c1ccccc1. The predicted octanol–water partition coefficient (Wildman–Crippen LogP) is 2.37. The summed E-state index contributed by atoms with van der Waals surface area (Å²) in [6.07, 6.45) is 1.66. The largest absolute Gasteiger partial charge is 0.478 e. The number of hydrogen-bond acceptors (Lipinski definition) is 1. The van der Waals surface area contributed by atoms with E-state index in [1.54, 1.807) is 12.3 Å². The van der Waals surface area contributed by atoms with Gasteiger partial charge in [-0.3, -0.25) is 9.05 Å². The van der Waals surface area contributed by atoms with Crippen molar-refractivity contribution in [3.63, 3.8) is 0 Å². The molecule has 0 aliphatic heterocycles. The van der Waals surface area contributed by atoms with E-state index in [1.165, 1.54) is 0 Å². The van der Waals surface area contributed by atoms with E-state index in [0.717, 1.165) is 11.5 Å². The minimum absolute atomic E-state index is 0.307. The normalized spacial score (nSPS) is 11.5. The summed E-state index contributed by atoms with van der Waals surface area (Å²) in [6, 6.07) is 11.5. The van der Waals surface area contributed by atoms with Crippen LogP contribution in [0.5, 0.6) is 0 Å². The average Bonchev–Trinajstić information content (AvgIpc) is 2.74. The van der Waals surface area contributed by atoms with E-state index in [4.69, 9.17) is 5.11 Å². The van der Waals surface area contributed by atoms with E-state index in [2.05, 4.69) is 0 Å². The van der Waals surface area contributed by atoms with Crippen LogP contribution in [-0.4, -0.2) is 36.8 Å². The summed E-state index contributed by atoms with van der Waals surface area (Å²) < 4.78 is 2.48. The highest BCUT2D eigenvalue weighted by molar-refractivity contribution is 5.89. The molecule has 0 aliphatic rings. The smallest absolute Gasteiger partial charge is 0.337 e. The Kier molecular flexibility index (Phi) is 2.97. The van der Waals surface area contributed by atoms with Gasteiger partial charge in [0.05, 0.1) is 32.4 Å². The molecule has 94 valence electrons. The maximum Gasteiger partial charge on any atom is 0.337 e. The van der Waals surface area contributed by atoms with Crippen LogP contribution in [0.3, 0.4) is 0 Å². The van der Waals surface area contributed by atoms with Crippen LogP contribution < -0.4 is 4.48 Å². The number of benzene rings is 1. The fourth-order valence-corrected chi connectivity index (χ4v) is 1.88. The van der Waals surface area contributed by atoms with Gasteiger partial charge >= 0.3 is 5.97 Å². The van der Waals surface area contributed by atoms with E-state index in [-0.39, 0.29) is 0 Å². The number of aromatic nitrogens is 1. The van der Waals surface area contributed by atoms with Crippen molar-refractivity contribution in [2.45, 2.75) is 0 Å². The van der Waals surface area contributed by atoms with Gasteiger partial charge in [0.25, 0.3) is 0 Å². The van der Waals surface area contributed by atoms with Crippen molar-refractivity contribution in [2.24, 2.45) is 0 Å². The summed E-state index contributed by atoms with van der Waals surface area (Å²) in [5.41, 5.74) is 1.27. The van der Waals surface area contributed by atoms with Gasteiger partial charge in [0, 0.05) is 12.3 Å². The number of rotatable bonds is 3. The van der Waals surface area contributed by atoms with Crippen LogP contribution >= 0.6 is 0 Å². The Labute approximate surface area is 106 Å². The van der Waals surface area contributed by atoms with Gasteiger partial charge in [-0.05, 0) is 12.1 Å². The van der Waals surface area contributed by atoms with E-state index >= 15 is 0 Å². The van der Waals surface area contributed by atoms with Gasteiger partial charge in [-0.25, -0.2) is 4.79 Å². The van der Waals surface area contributed by atoms with Gasteiger partial charge in [0.2, 0.25) is 5.82 Å². The molecule has 1 aromatic carbocycles. The van der Waals surface area contributed by atoms with Crippen molar-refractivity contribution in [1.29, 1.82) is 0 Å². The van der Waals surface area contributed by atoms with Crippen molar-refractivity contribution in [2.75, 3.05) is 21.1 Å². The Balaban J connectivity index is 2.62. The molecule has 1 heterocycles. The molecule has 4 nitrogen and oxygen atoms in total. The summed E-state index contributed by atoms with van der Waals surface area (Å²) in [6.45, 7) is 0. The second-order valence-electron chi connectivity index (χ2n) is 5.11. The minimum atomic E-state index is -0.903. The number of carboxylic acids is 1. The van der Waals surface area contributed by atoms with Gasteiger partial charge in [-0.2, -0.15) is 0 Å². The molecule has 0 saturated carbocycles. The lowest BCUT2D eigenvalue weighted by atomic mass is 10.3. The molecule has 0 atom stereocenters. The summed E-state index contributed by atoms with van der Waals surface area (Å²) in [5.74, 6) is 0.0259. The molecule has 2 rings (SSSR count). The second-order valence-corrected chi connectivity index (χ2v) is 5.11. The third-order valence-corrected chi connectivity index (χ3v) is 2.77. The first kappa shape index (κ1) is 12.4. The molecule has 0 bridgehead atoms. The highest BCUT2D eigenvalue weighted by Gasteiger charge is 2.22. The van der Waals surface area contributed by atoms with Crippen LogP contribution in [0.2, 0.25) is 0 Å². The standard InChI is InChI=1S/C14H16N2O2/c1-16(2,3)13-9-11(14(17)18)10-15(13)12-7-5-4-6-8-12/h4-10H,1-3H3/p+1. The molecule has 0 spiro atoms. The van der Waals surface area contributed by atoms with Crippen molar-refractivity contribution >= 4 is 11.8 Å². The van der Waals surface area contributed by atoms with Gasteiger partial charge in [-0.1, -0.05) is 18.2 Å². The third kappa shape index (κ3) is 2.28. The zero-order valence-corrected chi connectivity index (χ0v) is 10.8. The molecule has 0 radical (unpaired) electrons. The van der Waals surface area contributed by atoms with Crippen LogP contribution in [0.1, 0.15) is 10.4 Å². The molecule has 0 unspecified atom stereocenters. The van der Waals surface area contributed by atoms with Crippen molar-refractivity contribution < 1.29 is 9.90 Å². The Morgan fingerprint density at radius 2 is 1.78 bits per heavy atom. The number of para-hydroxylation sites is 1. The van der Waals surface area contributed by atoms with Gasteiger partial charge in [-0.15, -0.1) is 0 Å². The van der Waals surface area contributed by atoms with E-state index in [1.807, 2.05) is 56.0 Å². The molecule has 1 aromatic heterocycles. The molecule has 0 fully saturated rings. The van der Waals surface area contributed by atoms with Crippen molar-refractivity contribution in [3.8, 4) is 5.69 Å². The quantitative estimate of drug-likeness (QED) is 0.843. The van der Waals surface area contributed by atoms with Gasteiger partial charge < -0.3 is 5.11 Å². The first-order chi connectivity index (χ1) is 8.39. The number of aromatic carboxylic acids is 1. The molecule has 18 heavy (non-hydrogen) atoms. The number of hydrogen-bond donors (Lipinski definition) is 1. The lowest BCUT2D eigenvalue weighted by Crippen LogP contribution is -2.36. The van der Waals surface area contributed by atoms with Gasteiger partial charge in [0.15, 0.2) is 0 Å². The van der Waals surface area contributed by atoms with E-state index < -0.39 is 5.97 Å². The first-order valence-corrected chi connectivity index (χ1v) is 5.73. The van der Waals surface area contributed by atoms with Crippen LogP contribution in [-0.2, 0) is 0 Å². The van der Waals surface area contributed by atoms with Crippen LogP contribution in [0.15, 0.2) is 42.6 Å². The molecular weight excluding hydrogens is 228 g/mol. The van der Waals surface area contributed by atoms with Crippen molar-refractivity contribution in [1.82, 2.24) is 9.05 Å². The first-order valence-electron chi connectivity index (χ1n) is 5.73. The number of carbonyl (C=O) groups is 1. The molecular formula is C14H17N2O2+. The van der Waals surface area contributed by atoms with Crippen LogP contribution in [0.25, 0.3) is 5.69 Å². The maximum atomic E-state index is 11.1. The average molecular weight is 245 g/mol. The fourth-order valence-electron chi connectivity index (χ4n) is 1.88. The van der Waals surface area contributed by atoms with Crippen LogP contribution in [0.4, 0.5) is 5.82 Å². The second kappa shape index (κ2) is 4.31. The lowest BCUT2D eigenvalue weighted by molar-refractivity contribution is 0.0697. The minimum Gasteiger partial charge on any atom is -0.478 e. The van der Waals surface area contributed by atoms with E-state index in [9.17, 15) is 4.79 Å². The Hall–Kier alpha value is -2.07. The highest BCUT2D eigenvalue weighted by Crippen LogP contribution is 2.25. The Morgan fingerprint density at radius 3 is 2.28 bits per heavy atom. The molecule has 1 N–H and O–H groups in total. The number of nitrogens with zero attached hydrogens (tertiary/aromatic N) is 2. The summed E-state index contributed by atoms with van der Waals surface area (Å²) in [4.78, 5) is 11.1. The fraction of sp³-hybridized carbons (Fsp3) is 0.214. The predicted molar refractivity (Wildman–Crippen MR) is 72.3 cm³/mol. The molecule has 2 aromatic rings. The third-order valence-electron chi connectivity index (χ3n) is 2.77. The molecule has 0 saturated heterocycles. The summed E-state index contributed by atoms with van der Waals surface area (Å²) in [7, 11) is 6.04. The Bertz CT molecular complexity index is 565. The number of carboxylic acid groups (broad SMARTS) is 1. The molecule has 0 aliphatic carbocycles. The highest BCUT2D eigenvalue weighted by atomic mass is 16.4. The zero-order valence-electron chi connectivity index (χ0n) is 10.8.